The Bertz CT molecular complexity index is 737. The van der Waals surface area contributed by atoms with Crippen LogP contribution in [0.1, 0.15) is 29.2 Å². The molecular formula is C16H17F3N4O. The molecule has 0 radical (unpaired) electrons. The van der Waals surface area contributed by atoms with Crippen LogP contribution in [0, 0.1) is 6.92 Å². The van der Waals surface area contributed by atoms with Gasteiger partial charge in [-0.25, -0.2) is 0 Å². The van der Waals surface area contributed by atoms with Crippen molar-refractivity contribution in [3.63, 3.8) is 0 Å². The number of alkyl halides is 3. The maximum atomic E-state index is 12.8. The van der Waals surface area contributed by atoms with Crippen molar-refractivity contribution in [2.24, 2.45) is 0 Å². The van der Waals surface area contributed by atoms with Gasteiger partial charge < -0.3 is 9.47 Å². The minimum absolute atomic E-state index is 0.0629. The van der Waals surface area contributed by atoms with Crippen molar-refractivity contribution in [3.05, 3.63) is 47.0 Å². The fourth-order valence-electron chi connectivity index (χ4n) is 2.74. The first-order valence-corrected chi connectivity index (χ1v) is 7.67. The minimum Gasteiger partial charge on any atom is -0.333 e. The van der Waals surface area contributed by atoms with E-state index in [1.807, 2.05) is 31.2 Å². The summed E-state index contributed by atoms with van der Waals surface area (Å²) in [7, 11) is 0. The fourth-order valence-corrected chi connectivity index (χ4v) is 2.74. The number of benzene rings is 1. The molecule has 5 nitrogen and oxygen atoms in total. The van der Waals surface area contributed by atoms with Crippen LogP contribution in [0.15, 0.2) is 24.3 Å². The van der Waals surface area contributed by atoms with Gasteiger partial charge in [0.25, 0.3) is 0 Å². The largest absolute Gasteiger partial charge is 0.451 e. The molecule has 8 heteroatoms. The molecule has 128 valence electrons. The third-order valence-electron chi connectivity index (χ3n) is 4.11. The summed E-state index contributed by atoms with van der Waals surface area (Å²) < 4.78 is 39.4. The number of hydrogen-bond acceptors (Lipinski definition) is 3. The van der Waals surface area contributed by atoms with E-state index in [1.165, 1.54) is 0 Å². The number of aryl methyl sites for hydroxylation is 2. The van der Waals surface area contributed by atoms with Crippen LogP contribution in [0.25, 0.3) is 0 Å². The second-order valence-corrected chi connectivity index (χ2v) is 5.89. The Kier molecular flexibility index (Phi) is 4.29. The Hall–Kier alpha value is -2.38. The number of nitrogens with zero attached hydrogens (tertiary/aromatic N) is 4. The number of amides is 1. The Morgan fingerprint density at radius 2 is 1.88 bits per heavy atom. The van der Waals surface area contributed by atoms with Crippen molar-refractivity contribution in [2.45, 2.75) is 39.0 Å². The van der Waals surface area contributed by atoms with Gasteiger partial charge in [0.2, 0.25) is 11.7 Å². The van der Waals surface area contributed by atoms with Crippen LogP contribution in [0.3, 0.4) is 0 Å². The first kappa shape index (κ1) is 16.5. The molecule has 2 heterocycles. The summed E-state index contributed by atoms with van der Waals surface area (Å²) >= 11 is 0. The van der Waals surface area contributed by atoms with Crippen LogP contribution >= 0.6 is 0 Å². The van der Waals surface area contributed by atoms with E-state index in [9.17, 15) is 18.0 Å². The number of hydrogen-bond donors (Lipinski definition) is 0. The number of carbonyl (C=O) groups is 1. The zero-order valence-corrected chi connectivity index (χ0v) is 13.2. The molecule has 24 heavy (non-hydrogen) atoms. The van der Waals surface area contributed by atoms with Crippen LogP contribution in [0.5, 0.6) is 0 Å². The zero-order valence-electron chi connectivity index (χ0n) is 13.2. The van der Waals surface area contributed by atoms with Crippen molar-refractivity contribution >= 4 is 5.91 Å². The lowest BCUT2D eigenvalue weighted by atomic mass is 10.1. The van der Waals surface area contributed by atoms with Crippen LogP contribution in [-0.4, -0.2) is 32.1 Å². The molecule has 0 aliphatic carbocycles. The average Bonchev–Trinajstić information content (AvgIpc) is 2.97. The quantitative estimate of drug-likeness (QED) is 0.864. The Morgan fingerprint density at radius 1 is 1.17 bits per heavy atom. The molecule has 3 rings (SSSR count). The highest BCUT2D eigenvalue weighted by Crippen LogP contribution is 2.29. The minimum atomic E-state index is -4.52. The first-order valence-electron chi connectivity index (χ1n) is 7.67. The van der Waals surface area contributed by atoms with Gasteiger partial charge in [-0.3, -0.25) is 4.79 Å². The molecule has 1 aromatic carbocycles. The number of halogens is 3. The molecule has 0 bridgehead atoms. The standard InChI is InChI=1S/C16H17F3N4O/c1-11-2-4-12(5-3-11)6-7-14(24)22-8-9-23-13(10-22)20-21-15(23)16(17,18)19/h2-5H,6-10H2,1H3. The number of carbonyl (C=O) groups excluding carboxylic acids is 1. The predicted molar refractivity (Wildman–Crippen MR) is 79.9 cm³/mol. The molecule has 0 N–H and O–H groups in total. The third kappa shape index (κ3) is 3.42. The van der Waals surface area contributed by atoms with Gasteiger partial charge in [0.1, 0.15) is 0 Å². The van der Waals surface area contributed by atoms with E-state index in [0.29, 0.717) is 12.8 Å². The molecule has 0 saturated carbocycles. The van der Waals surface area contributed by atoms with Gasteiger partial charge in [0, 0.05) is 19.5 Å². The lowest BCUT2D eigenvalue weighted by molar-refractivity contribution is -0.148. The summed E-state index contributed by atoms with van der Waals surface area (Å²) in [5.41, 5.74) is 2.22. The summed E-state index contributed by atoms with van der Waals surface area (Å²) in [6, 6.07) is 7.93. The van der Waals surface area contributed by atoms with E-state index in [-0.39, 0.29) is 31.4 Å². The Labute approximate surface area is 137 Å². The lowest BCUT2D eigenvalue weighted by Gasteiger charge is -2.28. The van der Waals surface area contributed by atoms with E-state index >= 15 is 0 Å². The molecule has 1 aliphatic heterocycles. The van der Waals surface area contributed by atoms with Crippen molar-refractivity contribution in [3.8, 4) is 0 Å². The van der Waals surface area contributed by atoms with Crippen molar-refractivity contribution in [2.75, 3.05) is 6.54 Å². The molecule has 0 fully saturated rings. The van der Waals surface area contributed by atoms with Crippen molar-refractivity contribution in [1.29, 1.82) is 0 Å². The van der Waals surface area contributed by atoms with E-state index in [4.69, 9.17) is 0 Å². The van der Waals surface area contributed by atoms with Crippen molar-refractivity contribution in [1.82, 2.24) is 19.7 Å². The van der Waals surface area contributed by atoms with Gasteiger partial charge in [-0.15, -0.1) is 10.2 Å². The van der Waals surface area contributed by atoms with Gasteiger partial charge in [0.05, 0.1) is 6.54 Å². The monoisotopic (exact) mass is 338 g/mol. The van der Waals surface area contributed by atoms with E-state index < -0.39 is 12.0 Å². The second kappa shape index (κ2) is 6.26. The average molecular weight is 338 g/mol. The molecular weight excluding hydrogens is 321 g/mol. The van der Waals surface area contributed by atoms with Crippen LogP contribution in [-0.2, 0) is 30.5 Å². The van der Waals surface area contributed by atoms with Gasteiger partial charge >= 0.3 is 6.18 Å². The highest BCUT2D eigenvalue weighted by molar-refractivity contribution is 5.76. The smallest absolute Gasteiger partial charge is 0.333 e. The molecule has 1 aliphatic rings. The first-order chi connectivity index (χ1) is 11.3. The molecule has 1 amide bonds. The number of fused-ring (bicyclic) bond motifs is 1. The predicted octanol–water partition coefficient (Wildman–Crippen LogP) is 2.58. The maximum absolute atomic E-state index is 12.8. The maximum Gasteiger partial charge on any atom is 0.451 e. The summed E-state index contributed by atoms with van der Waals surface area (Å²) in [6.45, 7) is 2.36. The van der Waals surface area contributed by atoms with Gasteiger partial charge in [0.15, 0.2) is 5.82 Å². The Morgan fingerprint density at radius 3 is 2.54 bits per heavy atom. The summed E-state index contributed by atoms with van der Waals surface area (Å²) in [4.78, 5) is 13.8. The second-order valence-electron chi connectivity index (χ2n) is 5.89. The molecule has 0 saturated heterocycles. The SMILES string of the molecule is Cc1ccc(CCC(=O)N2CCn3c(nnc3C(F)(F)F)C2)cc1. The third-order valence-corrected chi connectivity index (χ3v) is 4.11. The van der Waals surface area contributed by atoms with Gasteiger partial charge in [-0.1, -0.05) is 29.8 Å². The van der Waals surface area contributed by atoms with E-state index in [2.05, 4.69) is 10.2 Å². The normalized spacial score (nSPS) is 14.6. The Balaban J connectivity index is 1.62. The number of rotatable bonds is 3. The van der Waals surface area contributed by atoms with Crippen molar-refractivity contribution < 1.29 is 18.0 Å². The zero-order chi connectivity index (χ0) is 17.3. The molecule has 0 atom stereocenters. The van der Waals surface area contributed by atoms with Gasteiger partial charge in [-0.2, -0.15) is 13.2 Å². The summed E-state index contributed by atoms with van der Waals surface area (Å²) in [5.74, 6) is -0.903. The molecule has 2 aromatic rings. The highest BCUT2D eigenvalue weighted by Gasteiger charge is 2.39. The highest BCUT2D eigenvalue weighted by atomic mass is 19.4. The fraction of sp³-hybridized carbons (Fsp3) is 0.438. The molecule has 0 unspecified atom stereocenters. The molecule has 0 spiro atoms. The van der Waals surface area contributed by atoms with E-state index in [1.54, 1.807) is 4.90 Å². The summed E-state index contributed by atoms with van der Waals surface area (Å²) in [5, 5.41) is 6.80. The lowest BCUT2D eigenvalue weighted by Crippen LogP contribution is -2.39. The van der Waals surface area contributed by atoms with E-state index in [0.717, 1.165) is 15.7 Å². The van der Waals surface area contributed by atoms with Crippen LogP contribution < -0.4 is 0 Å². The number of aromatic nitrogens is 3. The van der Waals surface area contributed by atoms with Crippen LogP contribution in [0.2, 0.25) is 0 Å². The summed E-state index contributed by atoms with van der Waals surface area (Å²) in [6.07, 6.45) is -3.59. The van der Waals surface area contributed by atoms with Crippen LogP contribution in [0.4, 0.5) is 13.2 Å². The molecule has 1 aromatic heterocycles. The van der Waals surface area contributed by atoms with Gasteiger partial charge in [-0.05, 0) is 18.9 Å². The topological polar surface area (TPSA) is 51.0 Å².